The topological polar surface area (TPSA) is 73.4 Å². The number of benzene rings is 1. The number of imidazole rings is 1. The zero-order valence-corrected chi connectivity index (χ0v) is 13.7. The van der Waals surface area contributed by atoms with Gasteiger partial charge in [0.15, 0.2) is 0 Å². The van der Waals surface area contributed by atoms with Gasteiger partial charge < -0.3 is 19.9 Å². The lowest BCUT2D eigenvalue weighted by Gasteiger charge is -2.27. The van der Waals surface area contributed by atoms with E-state index in [4.69, 9.17) is 10.5 Å². The molecule has 1 aromatic heterocycles. The van der Waals surface area contributed by atoms with E-state index in [1.807, 2.05) is 30.0 Å². The fraction of sp³-hybridized carbons (Fsp3) is 0.500. The van der Waals surface area contributed by atoms with Crippen LogP contribution < -0.4 is 10.6 Å². The smallest absolute Gasteiger partial charge is 0.253 e. The Morgan fingerprint density at radius 3 is 2.91 bits per heavy atom. The van der Waals surface area contributed by atoms with Gasteiger partial charge in [-0.25, -0.2) is 4.98 Å². The molecule has 4 rings (SSSR count). The van der Waals surface area contributed by atoms with Crippen LogP contribution in [0.25, 0.3) is 11.0 Å². The van der Waals surface area contributed by atoms with E-state index < -0.39 is 0 Å². The van der Waals surface area contributed by atoms with Crippen molar-refractivity contribution in [3.63, 3.8) is 0 Å². The van der Waals surface area contributed by atoms with Gasteiger partial charge in [-0.05, 0) is 42.5 Å². The summed E-state index contributed by atoms with van der Waals surface area (Å²) in [7, 11) is 0. The summed E-state index contributed by atoms with van der Waals surface area (Å²) in [5.41, 5.74) is 8.97. The molecule has 3 heterocycles. The summed E-state index contributed by atoms with van der Waals surface area (Å²) in [5.74, 6) is 2.91. The van der Waals surface area contributed by atoms with E-state index in [0.717, 1.165) is 29.6 Å². The maximum absolute atomic E-state index is 12.0. The van der Waals surface area contributed by atoms with Crippen LogP contribution in [0.1, 0.15) is 18.9 Å². The molecule has 1 aromatic carbocycles. The maximum Gasteiger partial charge on any atom is 0.253 e. The predicted octanol–water partition coefficient (Wildman–Crippen LogP) is 2.05. The third-order valence-electron chi connectivity index (χ3n) is 4.55. The average molecular weight is 332 g/mol. The Morgan fingerprint density at radius 1 is 1.30 bits per heavy atom. The second-order valence-electron chi connectivity index (χ2n) is 5.95. The molecule has 0 bridgehead atoms. The number of hydrogen-bond acceptors (Lipinski definition) is 5. The molecule has 0 saturated carbocycles. The molecule has 0 radical (unpaired) electrons. The van der Waals surface area contributed by atoms with Crippen LogP contribution in [0.3, 0.4) is 0 Å². The zero-order chi connectivity index (χ0) is 15.8. The van der Waals surface area contributed by atoms with E-state index in [0.29, 0.717) is 25.1 Å². The fourth-order valence-electron chi connectivity index (χ4n) is 3.39. The number of anilines is 2. The van der Waals surface area contributed by atoms with Crippen molar-refractivity contribution < 1.29 is 9.53 Å². The highest BCUT2D eigenvalue weighted by molar-refractivity contribution is 7.99. The van der Waals surface area contributed by atoms with E-state index in [-0.39, 0.29) is 12.5 Å². The molecular formula is C16H20N4O2S. The van der Waals surface area contributed by atoms with E-state index >= 15 is 0 Å². The van der Waals surface area contributed by atoms with Crippen molar-refractivity contribution in [1.29, 1.82) is 0 Å². The highest BCUT2D eigenvalue weighted by atomic mass is 32.2. The molecule has 122 valence electrons. The Kier molecular flexibility index (Phi) is 3.90. The number of fused-ring (bicyclic) bond motifs is 1. The van der Waals surface area contributed by atoms with Gasteiger partial charge in [-0.2, -0.15) is 11.8 Å². The molecule has 2 aliphatic rings. The van der Waals surface area contributed by atoms with Gasteiger partial charge in [0.05, 0.1) is 17.6 Å². The largest absolute Gasteiger partial charge is 0.370 e. The minimum atomic E-state index is -0.00712. The standard InChI is InChI=1S/C16H20N4O2S/c17-16-18-13-9-12(19-5-6-22-10-15(19)21)1-2-14(13)20(16)11-3-7-23-8-4-11/h1-2,9,11H,3-8,10H2,(H2,17,18). The van der Waals surface area contributed by atoms with Crippen molar-refractivity contribution in [2.45, 2.75) is 18.9 Å². The second-order valence-corrected chi connectivity index (χ2v) is 7.18. The number of hydrogen-bond donors (Lipinski definition) is 1. The van der Waals surface area contributed by atoms with Crippen LogP contribution in [-0.2, 0) is 9.53 Å². The molecule has 2 saturated heterocycles. The lowest BCUT2D eigenvalue weighted by Crippen LogP contribution is -2.41. The van der Waals surface area contributed by atoms with Crippen molar-refractivity contribution >= 4 is 40.3 Å². The number of rotatable bonds is 2. The zero-order valence-electron chi connectivity index (χ0n) is 12.9. The van der Waals surface area contributed by atoms with Crippen LogP contribution in [0.5, 0.6) is 0 Å². The van der Waals surface area contributed by atoms with E-state index in [9.17, 15) is 4.79 Å². The van der Waals surface area contributed by atoms with Gasteiger partial charge in [0.25, 0.3) is 5.91 Å². The van der Waals surface area contributed by atoms with Gasteiger partial charge in [0.1, 0.15) is 6.61 Å². The minimum absolute atomic E-state index is 0.00712. The van der Waals surface area contributed by atoms with Crippen molar-refractivity contribution in [2.75, 3.05) is 41.9 Å². The van der Waals surface area contributed by atoms with Crippen LogP contribution in [-0.4, -0.2) is 46.7 Å². The second kappa shape index (κ2) is 6.05. The first-order chi connectivity index (χ1) is 11.2. The molecule has 23 heavy (non-hydrogen) atoms. The Bertz CT molecular complexity index is 739. The summed E-state index contributed by atoms with van der Waals surface area (Å²) in [6.07, 6.45) is 2.26. The number of nitrogen functional groups attached to an aromatic ring is 1. The summed E-state index contributed by atoms with van der Waals surface area (Å²) in [4.78, 5) is 18.3. The highest BCUT2D eigenvalue weighted by Crippen LogP contribution is 2.33. The first-order valence-electron chi connectivity index (χ1n) is 7.97. The molecule has 0 aliphatic carbocycles. The van der Waals surface area contributed by atoms with Crippen molar-refractivity contribution in [1.82, 2.24) is 9.55 Å². The van der Waals surface area contributed by atoms with E-state index in [1.165, 1.54) is 11.5 Å². The third kappa shape index (κ3) is 2.68. The highest BCUT2D eigenvalue weighted by Gasteiger charge is 2.23. The number of nitrogens with zero attached hydrogens (tertiary/aromatic N) is 3. The van der Waals surface area contributed by atoms with Crippen LogP contribution in [0.15, 0.2) is 18.2 Å². The van der Waals surface area contributed by atoms with Crippen molar-refractivity contribution in [3.05, 3.63) is 18.2 Å². The summed E-state index contributed by atoms with van der Waals surface area (Å²) >= 11 is 2.00. The Hall–Kier alpha value is -1.73. The number of nitrogens with two attached hydrogens (primary N) is 1. The molecule has 2 N–H and O–H groups in total. The molecule has 0 atom stereocenters. The van der Waals surface area contributed by atoms with Crippen LogP contribution in [0, 0.1) is 0 Å². The maximum atomic E-state index is 12.0. The molecule has 7 heteroatoms. The molecule has 6 nitrogen and oxygen atoms in total. The van der Waals surface area contributed by atoms with Crippen LogP contribution in [0.4, 0.5) is 11.6 Å². The first kappa shape index (κ1) is 14.8. The number of carbonyl (C=O) groups is 1. The summed E-state index contributed by atoms with van der Waals surface area (Å²) < 4.78 is 7.36. The molecule has 0 unspecified atom stereocenters. The van der Waals surface area contributed by atoms with E-state index in [2.05, 4.69) is 9.55 Å². The monoisotopic (exact) mass is 332 g/mol. The predicted molar refractivity (Wildman–Crippen MR) is 92.9 cm³/mol. The van der Waals surface area contributed by atoms with Gasteiger partial charge in [-0.1, -0.05) is 0 Å². The third-order valence-corrected chi connectivity index (χ3v) is 5.60. The molecule has 2 aromatic rings. The van der Waals surface area contributed by atoms with Gasteiger partial charge in [0, 0.05) is 18.3 Å². The molecule has 0 spiro atoms. The number of thioether (sulfide) groups is 1. The van der Waals surface area contributed by atoms with Crippen molar-refractivity contribution in [3.8, 4) is 0 Å². The van der Waals surface area contributed by atoms with Gasteiger partial charge >= 0.3 is 0 Å². The van der Waals surface area contributed by atoms with Crippen LogP contribution in [0.2, 0.25) is 0 Å². The average Bonchev–Trinajstić information content (AvgIpc) is 2.91. The Balaban J connectivity index is 1.71. The van der Waals surface area contributed by atoms with Gasteiger partial charge in [0.2, 0.25) is 5.95 Å². The van der Waals surface area contributed by atoms with Crippen LogP contribution >= 0.6 is 11.8 Å². The first-order valence-corrected chi connectivity index (χ1v) is 9.13. The van der Waals surface area contributed by atoms with E-state index in [1.54, 1.807) is 4.90 Å². The summed E-state index contributed by atoms with van der Waals surface area (Å²) in [5, 5.41) is 0. The Morgan fingerprint density at radius 2 is 2.13 bits per heavy atom. The number of ether oxygens (including phenoxy) is 1. The number of amides is 1. The van der Waals surface area contributed by atoms with Gasteiger partial charge in [-0.3, -0.25) is 4.79 Å². The number of carbonyl (C=O) groups excluding carboxylic acids is 1. The lowest BCUT2D eigenvalue weighted by molar-refractivity contribution is -0.125. The minimum Gasteiger partial charge on any atom is -0.370 e. The normalized spacial score (nSPS) is 20.3. The molecular weight excluding hydrogens is 312 g/mol. The number of aromatic nitrogens is 2. The number of morpholine rings is 1. The molecule has 2 aliphatic heterocycles. The quantitative estimate of drug-likeness (QED) is 0.911. The fourth-order valence-corrected chi connectivity index (χ4v) is 4.47. The summed E-state index contributed by atoms with van der Waals surface area (Å²) in [6.45, 7) is 1.30. The Labute approximate surface area is 139 Å². The SMILES string of the molecule is Nc1nc2cc(N3CCOCC3=O)ccc2n1C1CCSCC1. The van der Waals surface area contributed by atoms with Crippen molar-refractivity contribution in [2.24, 2.45) is 0 Å². The van der Waals surface area contributed by atoms with Gasteiger partial charge in [-0.15, -0.1) is 0 Å². The molecule has 1 amide bonds. The molecule has 2 fully saturated rings. The summed E-state index contributed by atoms with van der Waals surface area (Å²) in [6, 6.07) is 6.42. The lowest BCUT2D eigenvalue weighted by atomic mass is 10.1.